The molecule has 0 radical (unpaired) electrons. The van der Waals surface area contributed by atoms with Crippen LogP contribution in [0.25, 0.3) is 0 Å². The Morgan fingerprint density at radius 2 is 1.50 bits per heavy atom. The van der Waals surface area contributed by atoms with E-state index in [9.17, 15) is 9.59 Å². The van der Waals surface area contributed by atoms with Gasteiger partial charge in [-0.05, 0) is 36.8 Å². The highest BCUT2D eigenvalue weighted by atomic mass is 16.5. The zero-order chi connectivity index (χ0) is 21.3. The van der Waals surface area contributed by atoms with E-state index in [2.05, 4.69) is 10.6 Å². The number of hydrogen-bond donors (Lipinski definition) is 2. The Hall–Kier alpha value is -3.80. The summed E-state index contributed by atoms with van der Waals surface area (Å²) in [6.07, 6.45) is -0.790. The molecular formula is C24H24N2O4. The monoisotopic (exact) mass is 404 g/mol. The maximum absolute atomic E-state index is 12.7. The minimum absolute atomic E-state index is 0.270. The average Bonchev–Trinajstić information content (AvgIpc) is 2.78. The molecule has 0 spiro atoms. The van der Waals surface area contributed by atoms with Gasteiger partial charge < -0.3 is 20.1 Å². The molecular weight excluding hydrogens is 380 g/mol. The van der Waals surface area contributed by atoms with Gasteiger partial charge in [-0.1, -0.05) is 54.6 Å². The molecule has 1 atom stereocenters. The van der Waals surface area contributed by atoms with Gasteiger partial charge in [0.15, 0.2) is 17.6 Å². The molecule has 6 nitrogen and oxygen atoms in total. The molecule has 0 aromatic heterocycles. The first-order valence-corrected chi connectivity index (χ1v) is 9.60. The van der Waals surface area contributed by atoms with E-state index in [1.54, 1.807) is 49.4 Å². The molecule has 0 aliphatic carbocycles. The number of amides is 2. The van der Waals surface area contributed by atoms with E-state index < -0.39 is 6.10 Å². The molecule has 6 heteroatoms. The summed E-state index contributed by atoms with van der Waals surface area (Å²) in [6.45, 7) is 2.04. The van der Waals surface area contributed by atoms with Crippen molar-refractivity contribution in [2.75, 3.05) is 12.4 Å². The van der Waals surface area contributed by atoms with Gasteiger partial charge in [0.25, 0.3) is 11.8 Å². The van der Waals surface area contributed by atoms with Crippen LogP contribution >= 0.6 is 0 Å². The van der Waals surface area contributed by atoms with Crippen LogP contribution in [0.3, 0.4) is 0 Å². The standard InChI is InChI=1S/C24H24N2O4/c1-17(30-22-15-9-8-14-21(22)29-2)23(27)26-20-13-7-6-12-19(20)24(28)25-16-18-10-4-3-5-11-18/h3-15,17H,16H2,1-2H3,(H,25,28)(H,26,27)/t17-/m1/s1. The van der Waals surface area contributed by atoms with Crippen molar-refractivity contribution in [1.29, 1.82) is 0 Å². The molecule has 2 N–H and O–H groups in total. The fourth-order valence-electron chi connectivity index (χ4n) is 2.86. The molecule has 0 aliphatic rings. The summed E-state index contributed by atoms with van der Waals surface area (Å²) in [5, 5.41) is 5.66. The fraction of sp³-hybridized carbons (Fsp3) is 0.167. The number of ether oxygens (including phenoxy) is 2. The summed E-state index contributed by atoms with van der Waals surface area (Å²) in [4.78, 5) is 25.3. The minimum Gasteiger partial charge on any atom is -0.493 e. The van der Waals surface area contributed by atoms with Gasteiger partial charge in [0.1, 0.15) is 0 Å². The number of rotatable bonds is 8. The van der Waals surface area contributed by atoms with E-state index in [-0.39, 0.29) is 11.8 Å². The number of anilines is 1. The highest BCUT2D eigenvalue weighted by Crippen LogP contribution is 2.27. The topological polar surface area (TPSA) is 76.7 Å². The van der Waals surface area contributed by atoms with Crippen molar-refractivity contribution >= 4 is 17.5 Å². The Kier molecular flexibility index (Phi) is 7.05. The maximum atomic E-state index is 12.7. The van der Waals surface area contributed by atoms with Crippen molar-refractivity contribution in [2.24, 2.45) is 0 Å². The van der Waals surface area contributed by atoms with Crippen LogP contribution in [-0.2, 0) is 11.3 Å². The lowest BCUT2D eigenvalue weighted by molar-refractivity contribution is -0.122. The number of nitrogens with one attached hydrogen (secondary N) is 2. The van der Waals surface area contributed by atoms with Gasteiger partial charge >= 0.3 is 0 Å². The van der Waals surface area contributed by atoms with Crippen LogP contribution in [0, 0.1) is 0 Å². The second-order valence-corrected chi connectivity index (χ2v) is 6.61. The predicted octanol–water partition coefficient (Wildman–Crippen LogP) is 4.03. The summed E-state index contributed by atoms with van der Waals surface area (Å²) in [5.41, 5.74) is 1.79. The predicted molar refractivity (Wildman–Crippen MR) is 116 cm³/mol. The number of hydrogen-bond acceptors (Lipinski definition) is 4. The normalized spacial score (nSPS) is 11.3. The number of benzene rings is 3. The minimum atomic E-state index is -0.790. The van der Waals surface area contributed by atoms with Crippen molar-refractivity contribution < 1.29 is 19.1 Å². The van der Waals surface area contributed by atoms with E-state index in [0.29, 0.717) is 29.3 Å². The highest BCUT2D eigenvalue weighted by molar-refractivity contribution is 6.04. The lowest BCUT2D eigenvalue weighted by Gasteiger charge is -2.17. The van der Waals surface area contributed by atoms with E-state index in [1.165, 1.54) is 7.11 Å². The molecule has 2 amide bonds. The molecule has 0 aliphatic heterocycles. The molecule has 0 saturated carbocycles. The number of carbonyl (C=O) groups excluding carboxylic acids is 2. The molecule has 0 bridgehead atoms. The second kappa shape index (κ2) is 10.1. The quantitative estimate of drug-likeness (QED) is 0.594. The first kappa shape index (κ1) is 20.9. The molecule has 3 aromatic carbocycles. The number of methoxy groups -OCH3 is 1. The van der Waals surface area contributed by atoms with Gasteiger partial charge in [-0.3, -0.25) is 9.59 Å². The van der Waals surface area contributed by atoms with Gasteiger partial charge in [-0.2, -0.15) is 0 Å². The molecule has 3 rings (SSSR count). The van der Waals surface area contributed by atoms with Crippen LogP contribution < -0.4 is 20.1 Å². The van der Waals surface area contributed by atoms with Gasteiger partial charge in [-0.25, -0.2) is 0 Å². The van der Waals surface area contributed by atoms with Crippen molar-refractivity contribution in [3.63, 3.8) is 0 Å². The Morgan fingerprint density at radius 3 is 2.23 bits per heavy atom. The van der Waals surface area contributed by atoms with Crippen molar-refractivity contribution in [3.05, 3.63) is 90.0 Å². The largest absolute Gasteiger partial charge is 0.493 e. The van der Waals surface area contributed by atoms with Crippen LogP contribution in [0.4, 0.5) is 5.69 Å². The van der Waals surface area contributed by atoms with Crippen molar-refractivity contribution in [1.82, 2.24) is 5.32 Å². The molecule has 30 heavy (non-hydrogen) atoms. The molecule has 0 fully saturated rings. The van der Waals surface area contributed by atoms with Gasteiger partial charge in [0.2, 0.25) is 0 Å². The van der Waals surface area contributed by atoms with Gasteiger partial charge in [0, 0.05) is 6.54 Å². The first-order valence-electron chi connectivity index (χ1n) is 9.60. The number of carbonyl (C=O) groups is 2. The van der Waals surface area contributed by atoms with Gasteiger partial charge in [0.05, 0.1) is 18.4 Å². The summed E-state index contributed by atoms with van der Waals surface area (Å²) in [5.74, 6) is 0.367. The zero-order valence-corrected chi connectivity index (χ0v) is 16.9. The van der Waals surface area contributed by atoms with Crippen LogP contribution in [-0.4, -0.2) is 25.0 Å². The van der Waals surface area contributed by atoms with Crippen LogP contribution in [0.15, 0.2) is 78.9 Å². The lowest BCUT2D eigenvalue weighted by Crippen LogP contribution is -2.31. The number of para-hydroxylation sites is 3. The van der Waals surface area contributed by atoms with Crippen LogP contribution in [0.1, 0.15) is 22.8 Å². The van der Waals surface area contributed by atoms with Crippen LogP contribution in [0.5, 0.6) is 11.5 Å². The third-order valence-corrected chi connectivity index (χ3v) is 4.47. The fourth-order valence-corrected chi connectivity index (χ4v) is 2.86. The average molecular weight is 404 g/mol. The maximum Gasteiger partial charge on any atom is 0.265 e. The summed E-state index contributed by atoms with van der Waals surface area (Å²) >= 11 is 0. The summed E-state index contributed by atoms with van der Waals surface area (Å²) < 4.78 is 11.0. The summed E-state index contributed by atoms with van der Waals surface area (Å²) in [7, 11) is 1.54. The van der Waals surface area contributed by atoms with E-state index in [0.717, 1.165) is 5.56 Å². The smallest absolute Gasteiger partial charge is 0.265 e. The van der Waals surface area contributed by atoms with E-state index >= 15 is 0 Å². The van der Waals surface area contributed by atoms with Gasteiger partial charge in [-0.15, -0.1) is 0 Å². The molecule has 0 unspecified atom stereocenters. The van der Waals surface area contributed by atoms with E-state index in [4.69, 9.17) is 9.47 Å². The Morgan fingerprint density at radius 1 is 0.867 bits per heavy atom. The highest BCUT2D eigenvalue weighted by Gasteiger charge is 2.19. The Balaban J connectivity index is 1.66. The molecule has 154 valence electrons. The summed E-state index contributed by atoms with van der Waals surface area (Å²) in [6, 6.07) is 23.6. The first-order chi connectivity index (χ1) is 14.6. The zero-order valence-electron chi connectivity index (χ0n) is 16.9. The Bertz CT molecular complexity index is 1000. The van der Waals surface area contributed by atoms with Crippen LogP contribution in [0.2, 0.25) is 0 Å². The third-order valence-electron chi connectivity index (χ3n) is 4.47. The second-order valence-electron chi connectivity index (χ2n) is 6.61. The SMILES string of the molecule is COc1ccccc1O[C@H](C)C(=O)Nc1ccccc1C(=O)NCc1ccccc1. The van der Waals surface area contributed by atoms with Crippen molar-refractivity contribution in [2.45, 2.75) is 19.6 Å². The molecule has 0 saturated heterocycles. The van der Waals surface area contributed by atoms with E-state index in [1.807, 2.05) is 36.4 Å². The molecule has 3 aromatic rings. The Labute approximate surface area is 175 Å². The third kappa shape index (κ3) is 5.38. The lowest BCUT2D eigenvalue weighted by atomic mass is 10.1. The van der Waals surface area contributed by atoms with Crippen molar-refractivity contribution in [3.8, 4) is 11.5 Å². The molecule has 0 heterocycles.